The average molecular weight is 319 g/mol. The van der Waals surface area contributed by atoms with Gasteiger partial charge in [-0.05, 0) is 6.07 Å². The number of carbonyl (C=O) groups excluding carboxylic acids is 1. The van der Waals surface area contributed by atoms with E-state index in [1.807, 2.05) is 0 Å². The highest BCUT2D eigenvalue weighted by molar-refractivity contribution is 7.92. The first-order valence-electron chi connectivity index (χ1n) is 5.71. The van der Waals surface area contributed by atoms with Gasteiger partial charge in [0, 0.05) is 18.2 Å². The lowest BCUT2D eigenvalue weighted by Gasteiger charge is -2.32. The summed E-state index contributed by atoms with van der Waals surface area (Å²) in [5.41, 5.74) is 0.184. The smallest absolute Gasteiger partial charge is 0.328 e. The molecule has 1 N–H and O–H groups in total. The summed E-state index contributed by atoms with van der Waals surface area (Å²) in [4.78, 5) is 24.6. The number of hydrogen-bond acceptors (Lipinski definition) is 6. The van der Waals surface area contributed by atoms with Crippen LogP contribution >= 0.6 is 11.3 Å². The number of sulfone groups is 1. The number of nitrogens with zero attached hydrogens (tertiary/aromatic N) is 1. The summed E-state index contributed by atoms with van der Waals surface area (Å²) in [6.45, 7) is 0.364. The van der Waals surface area contributed by atoms with Gasteiger partial charge in [0.05, 0.1) is 18.8 Å². The van der Waals surface area contributed by atoms with Crippen molar-refractivity contribution in [3.05, 3.63) is 17.0 Å². The number of thiophene rings is 1. The SMILES string of the molecule is CS(=O)(=O)c1cc(C(=O)N2CCOCC2C(=O)O)cs1. The van der Waals surface area contributed by atoms with Crippen LogP contribution in [0.2, 0.25) is 0 Å². The van der Waals surface area contributed by atoms with Crippen LogP contribution in [0.3, 0.4) is 0 Å². The van der Waals surface area contributed by atoms with Crippen molar-refractivity contribution in [1.29, 1.82) is 0 Å². The van der Waals surface area contributed by atoms with Gasteiger partial charge in [-0.1, -0.05) is 0 Å². The third-order valence-corrected chi connectivity index (χ3v) is 5.63. The fourth-order valence-corrected chi connectivity index (χ4v) is 3.63. The van der Waals surface area contributed by atoms with Crippen molar-refractivity contribution < 1.29 is 27.9 Å². The Hall–Kier alpha value is -1.45. The standard InChI is InChI=1S/C11H13NO6S2/c1-20(16,17)9-4-7(6-19-9)10(13)12-2-3-18-5-8(12)11(14)15/h4,6,8H,2-3,5H2,1H3,(H,14,15). The Bertz CT molecular complexity index is 635. The average Bonchev–Trinajstić information content (AvgIpc) is 2.87. The molecule has 1 aromatic heterocycles. The fraction of sp³-hybridized carbons (Fsp3) is 0.455. The lowest BCUT2D eigenvalue weighted by Crippen LogP contribution is -2.52. The van der Waals surface area contributed by atoms with E-state index < -0.39 is 27.8 Å². The molecule has 1 amide bonds. The normalized spacial score (nSPS) is 19.9. The van der Waals surface area contributed by atoms with Crippen molar-refractivity contribution in [2.45, 2.75) is 10.3 Å². The van der Waals surface area contributed by atoms with Crippen LogP contribution in [0.1, 0.15) is 10.4 Å². The molecule has 0 bridgehead atoms. The molecule has 1 atom stereocenters. The topological polar surface area (TPSA) is 101 Å². The van der Waals surface area contributed by atoms with Gasteiger partial charge in [-0.2, -0.15) is 0 Å². The summed E-state index contributed by atoms with van der Waals surface area (Å²) in [6.07, 6.45) is 1.06. The zero-order chi connectivity index (χ0) is 14.9. The van der Waals surface area contributed by atoms with Gasteiger partial charge < -0.3 is 14.7 Å². The number of carboxylic acid groups (broad SMARTS) is 1. The molecule has 0 aliphatic carbocycles. The Balaban J connectivity index is 2.26. The van der Waals surface area contributed by atoms with Crippen LogP contribution in [0, 0.1) is 0 Å². The van der Waals surface area contributed by atoms with E-state index in [0.717, 1.165) is 17.6 Å². The minimum Gasteiger partial charge on any atom is -0.480 e. The molecule has 1 aliphatic rings. The van der Waals surface area contributed by atoms with Crippen molar-refractivity contribution in [2.24, 2.45) is 0 Å². The molecule has 0 saturated carbocycles. The van der Waals surface area contributed by atoms with Crippen molar-refractivity contribution in [3.8, 4) is 0 Å². The molecule has 1 aromatic rings. The summed E-state index contributed by atoms with van der Waals surface area (Å²) in [5, 5.41) is 10.5. The predicted molar refractivity (Wildman–Crippen MR) is 70.7 cm³/mol. The number of carbonyl (C=O) groups is 2. The van der Waals surface area contributed by atoms with Crippen molar-refractivity contribution in [3.63, 3.8) is 0 Å². The van der Waals surface area contributed by atoms with Crippen LogP contribution in [-0.4, -0.2) is 62.4 Å². The second-order valence-corrected chi connectivity index (χ2v) is 7.51. The number of aliphatic carboxylic acids is 1. The molecule has 1 aliphatic heterocycles. The van der Waals surface area contributed by atoms with E-state index in [4.69, 9.17) is 9.84 Å². The molecular formula is C11H13NO6S2. The van der Waals surface area contributed by atoms with Gasteiger partial charge >= 0.3 is 5.97 Å². The van der Waals surface area contributed by atoms with Crippen LogP contribution < -0.4 is 0 Å². The molecule has 0 aromatic carbocycles. The Morgan fingerprint density at radius 2 is 2.20 bits per heavy atom. The Morgan fingerprint density at radius 3 is 2.75 bits per heavy atom. The number of ether oxygens (including phenoxy) is 1. The summed E-state index contributed by atoms with van der Waals surface area (Å²) in [6, 6.07) is 0.231. The maximum Gasteiger partial charge on any atom is 0.328 e. The minimum atomic E-state index is -3.37. The highest BCUT2D eigenvalue weighted by Gasteiger charge is 2.33. The third kappa shape index (κ3) is 3.00. The number of morpholine rings is 1. The maximum absolute atomic E-state index is 12.3. The number of amides is 1. The lowest BCUT2D eigenvalue weighted by molar-refractivity contribution is -0.147. The molecule has 1 saturated heterocycles. The van der Waals surface area contributed by atoms with E-state index in [1.165, 1.54) is 16.3 Å². The number of hydrogen-bond donors (Lipinski definition) is 1. The predicted octanol–water partition coefficient (Wildman–Crippen LogP) is 0.0772. The number of carboxylic acids is 1. The Morgan fingerprint density at radius 1 is 1.50 bits per heavy atom. The largest absolute Gasteiger partial charge is 0.480 e. The second kappa shape index (κ2) is 5.51. The van der Waals surface area contributed by atoms with Crippen LogP contribution in [0.15, 0.2) is 15.7 Å². The van der Waals surface area contributed by atoms with Crippen LogP contribution in [-0.2, 0) is 19.4 Å². The van der Waals surface area contributed by atoms with Crippen molar-refractivity contribution in [1.82, 2.24) is 4.90 Å². The van der Waals surface area contributed by atoms with Gasteiger partial charge in [0.25, 0.3) is 5.91 Å². The van der Waals surface area contributed by atoms with E-state index >= 15 is 0 Å². The summed E-state index contributed by atoms with van der Waals surface area (Å²) < 4.78 is 27.9. The van der Waals surface area contributed by atoms with Gasteiger partial charge in [-0.15, -0.1) is 11.3 Å². The highest BCUT2D eigenvalue weighted by Crippen LogP contribution is 2.22. The van der Waals surface area contributed by atoms with Crippen molar-refractivity contribution in [2.75, 3.05) is 26.0 Å². The van der Waals surface area contributed by atoms with E-state index in [-0.39, 0.29) is 29.5 Å². The molecule has 2 heterocycles. The molecule has 1 unspecified atom stereocenters. The third-order valence-electron chi connectivity index (χ3n) is 2.86. The van der Waals surface area contributed by atoms with Gasteiger partial charge in [-0.3, -0.25) is 4.79 Å². The monoisotopic (exact) mass is 319 g/mol. The Kier molecular flexibility index (Phi) is 4.11. The van der Waals surface area contributed by atoms with E-state index in [1.54, 1.807) is 0 Å². The first kappa shape index (κ1) is 14.9. The molecule has 0 spiro atoms. The molecule has 110 valence electrons. The van der Waals surface area contributed by atoms with Crippen LogP contribution in [0.5, 0.6) is 0 Å². The zero-order valence-electron chi connectivity index (χ0n) is 10.6. The van der Waals surface area contributed by atoms with E-state index in [9.17, 15) is 18.0 Å². The van der Waals surface area contributed by atoms with Crippen molar-refractivity contribution >= 4 is 33.1 Å². The first-order chi connectivity index (χ1) is 9.30. The zero-order valence-corrected chi connectivity index (χ0v) is 12.2. The second-order valence-electron chi connectivity index (χ2n) is 4.35. The molecule has 7 nitrogen and oxygen atoms in total. The molecule has 20 heavy (non-hydrogen) atoms. The summed E-state index contributed by atoms with van der Waals surface area (Å²) >= 11 is 0.944. The summed E-state index contributed by atoms with van der Waals surface area (Å²) in [5.74, 6) is -1.64. The quantitative estimate of drug-likeness (QED) is 0.846. The lowest BCUT2D eigenvalue weighted by atomic mass is 10.2. The minimum absolute atomic E-state index is 0.0653. The molecule has 9 heteroatoms. The summed E-state index contributed by atoms with van der Waals surface area (Å²) in [7, 11) is -3.37. The molecule has 1 fully saturated rings. The fourth-order valence-electron chi connectivity index (χ4n) is 1.84. The molecular weight excluding hydrogens is 306 g/mol. The number of rotatable bonds is 3. The van der Waals surface area contributed by atoms with Crippen LogP contribution in [0.25, 0.3) is 0 Å². The van der Waals surface area contributed by atoms with Gasteiger partial charge in [-0.25, -0.2) is 13.2 Å². The van der Waals surface area contributed by atoms with Crippen LogP contribution in [0.4, 0.5) is 0 Å². The van der Waals surface area contributed by atoms with Gasteiger partial charge in [0.2, 0.25) is 0 Å². The first-order valence-corrected chi connectivity index (χ1v) is 8.48. The maximum atomic E-state index is 12.3. The molecule has 2 rings (SSSR count). The van der Waals surface area contributed by atoms with Gasteiger partial charge in [0.1, 0.15) is 4.21 Å². The van der Waals surface area contributed by atoms with E-state index in [0.29, 0.717) is 0 Å². The van der Waals surface area contributed by atoms with E-state index in [2.05, 4.69) is 0 Å². The highest BCUT2D eigenvalue weighted by atomic mass is 32.2. The Labute approximate surface area is 119 Å². The molecule has 0 radical (unpaired) electrons. The van der Waals surface area contributed by atoms with Gasteiger partial charge in [0.15, 0.2) is 15.9 Å².